The molecule has 1 aliphatic rings. The normalized spacial score (nSPS) is 15.2. The summed E-state index contributed by atoms with van der Waals surface area (Å²) in [6.07, 6.45) is 0.00277. The van der Waals surface area contributed by atoms with Gasteiger partial charge in [0.2, 0.25) is 17.7 Å². The fraction of sp³-hybridized carbons (Fsp3) is 0.400. The Morgan fingerprint density at radius 3 is 2.43 bits per heavy atom. The van der Waals surface area contributed by atoms with Crippen LogP contribution < -0.4 is 10.6 Å². The first-order valence-corrected chi connectivity index (χ1v) is 14.3. The number of hydrogen-bond donors (Lipinski definition) is 5. The average Bonchev–Trinajstić information content (AvgIpc) is 3.67. The summed E-state index contributed by atoms with van der Waals surface area (Å²) < 4.78 is 31.7. The topological polar surface area (TPSA) is 185 Å². The van der Waals surface area contributed by atoms with Gasteiger partial charge in [0, 0.05) is 51.0 Å². The number of carbonyl (C=O) groups excluding carboxylic acids is 3. The number of aromatic nitrogens is 2. The molecule has 3 aromatic rings. The van der Waals surface area contributed by atoms with Crippen molar-refractivity contribution in [1.82, 2.24) is 30.4 Å². The van der Waals surface area contributed by atoms with E-state index in [0.29, 0.717) is 19.6 Å². The van der Waals surface area contributed by atoms with Crippen LogP contribution in [0.4, 0.5) is 13.2 Å². The molecule has 3 amide bonds. The van der Waals surface area contributed by atoms with Crippen molar-refractivity contribution in [1.29, 1.82) is 0 Å². The van der Waals surface area contributed by atoms with E-state index in [1.165, 1.54) is 6.92 Å². The van der Waals surface area contributed by atoms with Gasteiger partial charge in [0.1, 0.15) is 6.04 Å². The highest BCUT2D eigenvalue weighted by Gasteiger charge is 2.38. The molecule has 1 saturated heterocycles. The number of hydrogen-bond acceptors (Lipinski definition) is 7. The number of fused-ring (bicyclic) bond motifs is 1. The SMILES string of the molecule is CC(=O)NC[C@H](NC(=O)CN(Cc1cccc2ccccc12)C[C@@H]1CCCN1C(=O)Cc1cnc[nH]1)C(=O)O.O=C(O)C(F)(F)F. The van der Waals surface area contributed by atoms with Gasteiger partial charge in [-0.25, -0.2) is 14.6 Å². The van der Waals surface area contributed by atoms with Gasteiger partial charge in [-0.1, -0.05) is 42.5 Å². The molecule has 13 nitrogen and oxygen atoms in total. The molecule has 5 N–H and O–H groups in total. The Balaban J connectivity index is 0.000000738. The van der Waals surface area contributed by atoms with Crippen molar-refractivity contribution in [3.05, 3.63) is 66.2 Å². The summed E-state index contributed by atoms with van der Waals surface area (Å²) in [5, 5.41) is 23.8. The number of likely N-dealkylation sites (tertiary alicyclic amines) is 1. The highest BCUT2D eigenvalue weighted by Crippen LogP contribution is 2.23. The molecule has 0 unspecified atom stereocenters. The predicted octanol–water partition coefficient (Wildman–Crippen LogP) is 1.94. The van der Waals surface area contributed by atoms with Crippen LogP contribution in [-0.4, -0.2) is 104 Å². The van der Waals surface area contributed by atoms with Gasteiger partial charge in [-0.2, -0.15) is 13.2 Å². The summed E-state index contributed by atoms with van der Waals surface area (Å²) in [6, 6.07) is 12.7. The van der Waals surface area contributed by atoms with Gasteiger partial charge >= 0.3 is 18.1 Å². The Labute approximate surface area is 261 Å². The van der Waals surface area contributed by atoms with Crippen LogP contribution in [-0.2, 0) is 36.9 Å². The fourth-order valence-electron chi connectivity index (χ4n) is 5.04. The van der Waals surface area contributed by atoms with Crippen LogP contribution in [0.1, 0.15) is 31.0 Å². The molecule has 2 atom stereocenters. The number of H-pyrrole nitrogens is 1. The zero-order chi connectivity index (χ0) is 33.9. The monoisotopic (exact) mass is 648 g/mol. The number of aliphatic carboxylic acids is 2. The second-order valence-electron chi connectivity index (χ2n) is 10.6. The first kappa shape index (κ1) is 35.5. The van der Waals surface area contributed by atoms with E-state index in [4.69, 9.17) is 9.90 Å². The van der Waals surface area contributed by atoms with E-state index in [1.54, 1.807) is 12.5 Å². The van der Waals surface area contributed by atoms with Crippen molar-refractivity contribution in [3.63, 3.8) is 0 Å². The standard InChI is InChI=1S/C28H34N6O5.C2HF3O2/c1-19(35)30-14-25(28(38)39)32-26(36)17-33(15-21-8-4-7-20-6-2-3-10-24(20)21)16-23-9-5-11-34(23)27(37)12-22-13-29-18-31-22;3-2(4,5)1(6)7/h2-4,6-8,10,13,18,23,25H,5,9,11-12,14-17H2,1H3,(H,29,31)(H,30,35)(H,32,36)(H,38,39);(H,6,7)/t23-,25-;/m0./s1. The van der Waals surface area contributed by atoms with E-state index in [0.717, 1.165) is 34.9 Å². The quantitative estimate of drug-likeness (QED) is 0.196. The van der Waals surface area contributed by atoms with Crippen LogP contribution in [0, 0.1) is 0 Å². The first-order chi connectivity index (χ1) is 21.7. The minimum Gasteiger partial charge on any atom is -0.480 e. The van der Waals surface area contributed by atoms with E-state index >= 15 is 0 Å². The third kappa shape index (κ3) is 10.9. The van der Waals surface area contributed by atoms with Gasteiger partial charge in [-0.3, -0.25) is 19.3 Å². The van der Waals surface area contributed by atoms with Gasteiger partial charge in [0.25, 0.3) is 0 Å². The van der Waals surface area contributed by atoms with Gasteiger partial charge in [-0.05, 0) is 29.2 Å². The molecule has 0 aliphatic carbocycles. The number of aromatic amines is 1. The van der Waals surface area contributed by atoms with E-state index in [9.17, 15) is 37.5 Å². The summed E-state index contributed by atoms with van der Waals surface area (Å²) in [7, 11) is 0. The highest BCUT2D eigenvalue weighted by molar-refractivity contribution is 5.87. The molecular formula is C30H35F3N6O7. The molecular weight excluding hydrogens is 613 g/mol. The minimum absolute atomic E-state index is 0.00226. The first-order valence-electron chi connectivity index (χ1n) is 14.3. The summed E-state index contributed by atoms with van der Waals surface area (Å²) >= 11 is 0. The van der Waals surface area contributed by atoms with Crippen molar-refractivity contribution in [2.24, 2.45) is 0 Å². The molecule has 0 radical (unpaired) electrons. The predicted molar refractivity (Wildman–Crippen MR) is 158 cm³/mol. The molecule has 4 rings (SSSR count). The Morgan fingerprint density at radius 2 is 1.80 bits per heavy atom. The minimum atomic E-state index is -5.08. The number of nitrogens with one attached hydrogen (secondary N) is 3. The van der Waals surface area contributed by atoms with Crippen LogP contribution in [0.15, 0.2) is 55.0 Å². The Kier molecular flexibility index (Phi) is 12.6. The maximum Gasteiger partial charge on any atom is 0.490 e. The van der Waals surface area contributed by atoms with Crippen LogP contribution >= 0.6 is 0 Å². The summed E-state index contributed by atoms with van der Waals surface area (Å²) in [4.78, 5) is 68.7. The maximum absolute atomic E-state index is 13.1. The molecule has 1 aromatic heterocycles. The lowest BCUT2D eigenvalue weighted by Gasteiger charge is -2.31. The number of imidazole rings is 1. The number of alkyl halides is 3. The fourth-order valence-corrected chi connectivity index (χ4v) is 5.04. The van der Waals surface area contributed by atoms with Crippen molar-refractivity contribution in [2.45, 2.75) is 51.0 Å². The van der Waals surface area contributed by atoms with Crippen molar-refractivity contribution in [2.75, 3.05) is 26.2 Å². The Bertz CT molecular complexity index is 1510. The second-order valence-corrected chi connectivity index (χ2v) is 10.6. The number of amides is 3. The van der Waals surface area contributed by atoms with Crippen LogP contribution in [0.25, 0.3) is 10.8 Å². The lowest BCUT2D eigenvalue weighted by Crippen LogP contribution is -2.52. The summed E-state index contributed by atoms with van der Waals surface area (Å²) in [5.74, 6) is -4.84. The molecule has 46 heavy (non-hydrogen) atoms. The maximum atomic E-state index is 13.1. The third-order valence-electron chi connectivity index (χ3n) is 7.14. The van der Waals surface area contributed by atoms with E-state index in [2.05, 4.69) is 20.6 Å². The third-order valence-corrected chi connectivity index (χ3v) is 7.14. The molecule has 1 aliphatic heterocycles. The van der Waals surface area contributed by atoms with Gasteiger partial charge in [0.15, 0.2) is 0 Å². The highest BCUT2D eigenvalue weighted by atomic mass is 19.4. The molecule has 0 saturated carbocycles. The Hall–Kier alpha value is -4.99. The number of carbonyl (C=O) groups is 5. The second kappa shape index (κ2) is 16.4. The van der Waals surface area contributed by atoms with Crippen LogP contribution in [0.5, 0.6) is 0 Å². The smallest absolute Gasteiger partial charge is 0.480 e. The van der Waals surface area contributed by atoms with Crippen molar-refractivity contribution >= 4 is 40.4 Å². The van der Waals surface area contributed by atoms with Gasteiger partial charge in [-0.15, -0.1) is 0 Å². The number of rotatable bonds is 12. The summed E-state index contributed by atoms with van der Waals surface area (Å²) in [5.41, 5.74) is 1.78. The number of nitrogens with zero attached hydrogens (tertiary/aromatic N) is 3. The average molecular weight is 649 g/mol. The Morgan fingerprint density at radius 1 is 1.11 bits per heavy atom. The number of carboxylic acid groups (broad SMARTS) is 2. The van der Waals surface area contributed by atoms with E-state index < -0.39 is 30.1 Å². The number of halogens is 3. The molecule has 0 bridgehead atoms. The van der Waals surface area contributed by atoms with E-state index in [-0.39, 0.29) is 37.4 Å². The van der Waals surface area contributed by atoms with Gasteiger partial charge < -0.3 is 30.7 Å². The molecule has 2 heterocycles. The zero-order valence-corrected chi connectivity index (χ0v) is 24.9. The molecule has 2 aromatic carbocycles. The molecule has 1 fully saturated rings. The molecule has 16 heteroatoms. The lowest BCUT2D eigenvalue weighted by molar-refractivity contribution is -0.192. The summed E-state index contributed by atoms with van der Waals surface area (Å²) in [6.45, 7) is 2.55. The van der Waals surface area contributed by atoms with Crippen LogP contribution in [0.2, 0.25) is 0 Å². The van der Waals surface area contributed by atoms with Crippen LogP contribution in [0.3, 0.4) is 0 Å². The van der Waals surface area contributed by atoms with Gasteiger partial charge in [0.05, 0.1) is 19.3 Å². The number of benzene rings is 2. The van der Waals surface area contributed by atoms with Crippen molar-refractivity contribution in [3.8, 4) is 0 Å². The lowest BCUT2D eigenvalue weighted by atomic mass is 10.0. The molecule has 248 valence electrons. The molecule has 0 spiro atoms. The number of carboxylic acids is 2. The van der Waals surface area contributed by atoms with E-state index in [1.807, 2.05) is 52.3 Å². The zero-order valence-electron chi connectivity index (χ0n) is 24.9. The largest absolute Gasteiger partial charge is 0.490 e. The van der Waals surface area contributed by atoms with Crippen molar-refractivity contribution < 1.29 is 47.4 Å².